The SMILES string of the molecule is Cc1ccccc1OCC(O)CNC(CCO)C(C)(C)C. The van der Waals surface area contributed by atoms with Crippen LogP contribution < -0.4 is 10.1 Å². The maximum atomic E-state index is 10.0. The summed E-state index contributed by atoms with van der Waals surface area (Å²) in [4.78, 5) is 0. The van der Waals surface area contributed by atoms with E-state index in [4.69, 9.17) is 9.84 Å². The predicted octanol–water partition coefficient (Wildman–Crippen LogP) is 2.12. The number of aliphatic hydroxyl groups is 2. The minimum atomic E-state index is -0.576. The summed E-state index contributed by atoms with van der Waals surface area (Å²) >= 11 is 0. The number of aryl methyl sites for hydroxylation is 1. The van der Waals surface area contributed by atoms with E-state index in [0.29, 0.717) is 13.0 Å². The fourth-order valence-electron chi connectivity index (χ4n) is 2.21. The molecule has 0 bridgehead atoms. The van der Waals surface area contributed by atoms with Gasteiger partial charge in [-0.1, -0.05) is 39.0 Å². The van der Waals surface area contributed by atoms with Gasteiger partial charge >= 0.3 is 0 Å². The molecule has 0 aromatic heterocycles. The summed E-state index contributed by atoms with van der Waals surface area (Å²) in [6, 6.07) is 7.93. The summed E-state index contributed by atoms with van der Waals surface area (Å²) in [5.41, 5.74) is 1.10. The van der Waals surface area contributed by atoms with Gasteiger partial charge in [-0.2, -0.15) is 0 Å². The van der Waals surface area contributed by atoms with Gasteiger partial charge in [0.25, 0.3) is 0 Å². The van der Waals surface area contributed by atoms with Crippen molar-refractivity contribution in [2.75, 3.05) is 19.8 Å². The van der Waals surface area contributed by atoms with Gasteiger partial charge in [-0.3, -0.25) is 0 Å². The second kappa shape index (κ2) is 8.37. The highest BCUT2D eigenvalue weighted by Crippen LogP contribution is 2.21. The standard InChI is InChI=1S/C17H29NO3/c1-13-7-5-6-8-15(13)21-12-14(20)11-18-16(9-10-19)17(2,3)4/h5-8,14,16,18-20H,9-12H2,1-4H3. The molecule has 0 saturated heterocycles. The molecule has 21 heavy (non-hydrogen) atoms. The van der Waals surface area contributed by atoms with Gasteiger partial charge in [-0.05, 0) is 30.4 Å². The maximum absolute atomic E-state index is 10.0. The number of para-hydroxylation sites is 1. The van der Waals surface area contributed by atoms with E-state index in [1.165, 1.54) is 0 Å². The number of hydrogen-bond acceptors (Lipinski definition) is 4. The quantitative estimate of drug-likeness (QED) is 0.687. The fraction of sp³-hybridized carbons (Fsp3) is 0.647. The summed E-state index contributed by atoms with van der Waals surface area (Å²) < 4.78 is 5.64. The van der Waals surface area contributed by atoms with Crippen molar-refractivity contribution in [2.24, 2.45) is 5.41 Å². The molecule has 0 aliphatic carbocycles. The molecule has 0 heterocycles. The Kier molecular flexibility index (Phi) is 7.15. The molecule has 120 valence electrons. The van der Waals surface area contributed by atoms with E-state index in [-0.39, 0.29) is 24.7 Å². The molecule has 1 aromatic carbocycles. The molecular formula is C17H29NO3. The molecule has 2 atom stereocenters. The number of rotatable bonds is 8. The Morgan fingerprint density at radius 2 is 1.90 bits per heavy atom. The largest absolute Gasteiger partial charge is 0.491 e. The van der Waals surface area contributed by atoms with Crippen molar-refractivity contribution in [3.8, 4) is 5.75 Å². The summed E-state index contributed by atoms with van der Waals surface area (Å²) in [6.07, 6.45) is 0.0997. The molecule has 1 aromatic rings. The van der Waals surface area contributed by atoms with E-state index < -0.39 is 6.10 Å². The molecule has 0 saturated carbocycles. The van der Waals surface area contributed by atoms with E-state index in [9.17, 15) is 5.11 Å². The van der Waals surface area contributed by atoms with E-state index in [0.717, 1.165) is 11.3 Å². The van der Waals surface area contributed by atoms with Gasteiger partial charge in [-0.25, -0.2) is 0 Å². The molecule has 2 unspecified atom stereocenters. The molecule has 0 spiro atoms. The average molecular weight is 295 g/mol. The Hall–Kier alpha value is -1.10. The first kappa shape index (κ1) is 18.0. The fourth-order valence-corrected chi connectivity index (χ4v) is 2.21. The van der Waals surface area contributed by atoms with Gasteiger partial charge in [-0.15, -0.1) is 0 Å². The molecule has 1 rings (SSSR count). The molecule has 0 amide bonds. The predicted molar refractivity (Wildman–Crippen MR) is 85.6 cm³/mol. The third-order valence-electron chi connectivity index (χ3n) is 3.59. The van der Waals surface area contributed by atoms with Crippen LogP contribution >= 0.6 is 0 Å². The van der Waals surface area contributed by atoms with Crippen molar-refractivity contribution < 1.29 is 14.9 Å². The number of benzene rings is 1. The lowest BCUT2D eigenvalue weighted by atomic mass is 9.85. The Bertz CT molecular complexity index is 415. The van der Waals surface area contributed by atoms with E-state index in [1.54, 1.807) is 0 Å². The zero-order valence-corrected chi connectivity index (χ0v) is 13.6. The Morgan fingerprint density at radius 3 is 2.48 bits per heavy atom. The minimum absolute atomic E-state index is 0.0410. The molecular weight excluding hydrogens is 266 g/mol. The van der Waals surface area contributed by atoms with Crippen LogP contribution in [-0.4, -0.2) is 42.1 Å². The molecule has 0 fully saturated rings. The first-order valence-electron chi connectivity index (χ1n) is 7.55. The van der Waals surface area contributed by atoms with Crippen molar-refractivity contribution >= 4 is 0 Å². The first-order valence-corrected chi connectivity index (χ1v) is 7.55. The topological polar surface area (TPSA) is 61.7 Å². The summed E-state index contributed by atoms with van der Waals surface area (Å²) in [5.74, 6) is 0.805. The smallest absolute Gasteiger partial charge is 0.122 e. The van der Waals surface area contributed by atoms with Crippen LogP contribution in [0.25, 0.3) is 0 Å². The monoisotopic (exact) mass is 295 g/mol. The van der Waals surface area contributed by atoms with Crippen LogP contribution in [0.2, 0.25) is 0 Å². The zero-order chi connectivity index (χ0) is 15.9. The highest BCUT2D eigenvalue weighted by Gasteiger charge is 2.24. The normalized spacial score (nSPS) is 14.8. The highest BCUT2D eigenvalue weighted by molar-refractivity contribution is 5.31. The lowest BCUT2D eigenvalue weighted by molar-refractivity contribution is 0.0933. The third-order valence-corrected chi connectivity index (χ3v) is 3.59. The van der Waals surface area contributed by atoms with Crippen molar-refractivity contribution in [1.82, 2.24) is 5.32 Å². The van der Waals surface area contributed by atoms with Crippen LogP contribution in [0.4, 0.5) is 0 Å². The summed E-state index contributed by atoms with van der Waals surface area (Å²) in [5, 5.41) is 22.5. The Labute approximate surface area is 128 Å². The van der Waals surface area contributed by atoms with E-state index >= 15 is 0 Å². The molecule has 4 nitrogen and oxygen atoms in total. The molecule has 4 heteroatoms. The van der Waals surface area contributed by atoms with Crippen LogP contribution in [0.5, 0.6) is 5.75 Å². The van der Waals surface area contributed by atoms with Crippen molar-refractivity contribution in [3.05, 3.63) is 29.8 Å². The zero-order valence-electron chi connectivity index (χ0n) is 13.6. The number of hydrogen-bond donors (Lipinski definition) is 3. The van der Waals surface area contributed by atoms with Crippen molar-refractivity contribution in [1.29, 1.82) is 0 Å². The Morgan fingerprint density at radius 1 is 1.24 bits per heavy atom. The maximum Gasteiger partial charge on any atom is 0.122 e. The van der Waals surface area contributed by atoms with Crippen LogP contribution in [0.3, 0.4) is 0 Å². The average Bonchev–Trinajstić information content (AvgIpc) is 2.41. The minimum Gasteiger partial charge on any atom is -0.491 e. The third kappa shape index (κ3) is 6.46. The van der Waals surface area contributed by atoms with Gasteiger partial charge in [0.05, 0.1) is 0 Å². The second-order valence-electron chi connectivity index (χ2n) is 6.57. The Balaban J connectivity index is 2.39. The highest BCUT2D eigenvalue weighted by atomic mass is 16.5. The number of ether oxygens (including phenoxy) is 1. The molecule has 0 aliphatic heterocycles. The van der Waals surface area contributed by atoms with Crippen LogP contribution in [0.1, 0.15) is 32.8 Å². The molecule has 0 aliphatic rings. The van der Waals surface area contributed by atoms with Crippen LogP contribution in [0, 0.1) is 12.3 Å². The van der Waals surface area contributed by atoms with Gasteiger partial charge in [0.1, 0.15) is 18.5 Å². The van der Waals surface area contributed by atoms with Crippen LogP contribution in [-0.2, 0) is 0 Å². The lowest BCUT2D eigenvalue weighted by Crippen LogP contribution is -2.45. The van der Waals surface area contributed by atoms with Gasteiger partial charge in [0.15, 0.2) is 0 Å². The summed E-state index contributed by atoms with van der Waals surface area (Å²) in [6.45, 7) is 9.20. The molecule has 3 N–H and O–H groups in total. The van der Waals surface area contributed by atoms with Gasteiger partial charge in [0.2, 0.25) is 0 Å². The summed E-state index contributed by atoms with van der Waals surface area (Å²) in [7, 11) is 0. The van der Waals surface area contributed by atoms with Crippen molar-refractivity contribution in [2.45, 2.75) is 46.3 Å². The lowest BCUT2D eigenvalue weighted by Gasteiger charge is -2.32. The number of aliphatic hydroxyl groups excluding tert-OH is 2. The second-order valence-corrected chi connectivity index (χ2v) is 6.57. The van der Waals surface area contributed by atoms with Gasteiger partial charge in [0, 0.05) is 19.2 Å². The van der Waals surface area contributed by atoms with Crippen LogP contribution in [0.15, 0.2) is 24.3 Å². The van der Waals surface area contributed by atoms with Gasteiger partial charge < -0.3 is 20.3 Å². The van der Waals surface area contributed by atoms with E-state index in [2.05, 4.69) is 26.1 Å². The number of nitrogens with one attached hydrogen (secondary N) is 1. The van der Waals surface area contributed by atoms with E-state index in [1.807, 2.05) is 31.2 Å². The van der Waals surface area contributed by atoms with Crippen molar-refractivity contribution in [3.63, 3.8) is 0 Å². The molecule has 0 radical (unpaired) electrons. The first-order chi connectivity index (χ1) is 9.84.